The number of benzene rings is 1. The molecule has 22 heavy (non-hydrogen) atoms. The molecule has 0 bridgehead atoms. The summed E-state index contributed by atoms with van der Waals surface area (Å²) in [5, 5.41) is 0. The van der Waals surface area contributed by atoms with Crippen LogP contribution < -0.4 is 9.47 Å². The highest BCUT2D eigenvalue weighted by Crippen LogP contribution is 2.31. The number of furan rings is 1. The van der Waals surface area contributed by atoms with Gasteiger partial charge < -0.3 is 18.8 Å². The van der Waals surface area contributed by atoms with Gasteiger partial charge >= 0.3 is 0 Å². The average molecular weight is 301 g/mol. The van der Waals surface area contributed by atoms with E-state index >= 15 is 0 Å². The molecule has 0 radical (unpaired) electrons. The predicted molar refractivity (Wildman–Crippen MR) is 80.9 cm³/mol. The monoisotopic (exact) mass is 301 g/mol. The largest absolute Gasteiger partial charge is 0.497 e. The second-order valence-electron chi connectivity index (χ2n) is 5.46. The molecule has 0 aliphatic carbocycles. The molecule has 116 valence electrons. The van der Waals surface area contributed by atoms with E-state index in [4.69, 9.17) is 13.9 Å². The zero-order valence-electron chi connectivity index (χ0n) is 12.7. The Labute approximate surface area is 129 Å². The highest BCUT2D eigenvalue weighted by atomic mass is 16.5. The van der Waals surface area contributed by atoms with Gasteiger partial charge in [0.05, 0.1) is 25.8 Å². The van der Waals surface area contributed by atoms with E-state index in [1.54, 1.807) is 25.3 Å². The lowest BCUT2D eigenvalue weighted by atomic mass is 9.95. The summed E-state index contributed by atoms with van der Waals surface area (Å²) in [6.07, 6.45) is 2.27. The molecule has 1 aliphatic heterocycles. The number of hydrogen-bond donors (Lipinski definition) is 0. The summed E-state index contributed by atoms with van der Waals surface area (Å²) in [6.45, 7) is 0.869. The van der Waals surface area contributed by atoms with E-state index in [1.807, 2.05) is 30.3 Å². The Balaban J connectivity index is 1.69. The molecule has 1 aromatic carbocycles. The molecule has 1 amide bonds. The lowest BCUT2D eigenvalue weighted by molar-refractivity contribution is -0.136. The Morgan fingerprint density at radius 1 is 1.41 bits per heavy atom. The molecule has 0 saturated carbocycles. The number of hydrogen-bond acceptors (Lipinski definition) is 4. The number of ether oxygens (including phenoxy) is 2. The summed E-state index contributed by atoms with van der Waals surface area (Å²) < 4.78 is 16.2. The average Bonchev–Trinajstić information content (AvgIpc) is 3.05. The Morgan fingerprint density at radius 3 is 3.00 bits per heavy atom. The molecular formula is C17H19NO4. The summed E-state index contributed by atoms with van der Waals surface area (Å²) in [5.41, 5.74) is 1.01. The van der Waals surface area contributed by atoms with Crippen molar-refractivity contribution in [2.75, 3.05) is 20.8 Å². The minimum atomic E-state index is -0.181. The van der Waals surface area contributed by atoms with Crippen LogP contribution in [0.5, 0.6) is 11.5 Å². The van der Waals surface area contributed by atoms with Gasteiger partial charge in [-0.15, -0.1) is 0 Å². The van der Waals surface area contributed by atoms with Crippen LogP contribution in [0.25, 0.3) is 0 Å². The van der Waals surface area contributed by atoms with E-state index in [2.05, 4.69) is 0 Å². The van der Waals surface area contributed by atoms with Crippen molar-refractivity contribution in [3.05, 3.63) is 47.9 Å². The maximum absolute atomic E-state index is 12.6. The molecular weight excluding hydrogens is 282 g/mol. The van der Waals surface area contributed by atoms with Crippen LogP contribution in [0, 0.1) is 5.92 Å². The fourth-order valence-electron chi connectivity index (χ4n) is 2.68. The van der Waals surface area contributed by atoms with Crippen molar-refractivity contribution in [3.8, 4) is 11.5 Å². The number of carbonyl (C=O) groups is 1. The van der Waals surface area contributed by atoms with Crippen molar-refractivity contribution in [3.63, 3.8) is 0 Å². The molecule has 2 heterocycles. The van der Waals surface area contributed by atoms with E-state index in [1.165, 1.54) is 0 Å². The van der Waals surface area contributed by atoms with E-state index in [9.17, 15) is 4.79 Å². The maximum atomic E-state index is 12.6. The van der Waals surface area contributed by atoms with E-state index in [0.29, 0.717) is 19.6 Å². The van der Waals surface area contributed by atoms with Gasteiger partial charge in [0.1, 0.15) is 23.9 Å². The summed E-state index contributed by atoms with van der Waals surface area (Å²) in [7, 11) is 3.41. The zero-order valence-corrected chi connectivity index (χ0v) is 12.7. The van der Waals surface area contributed by atoms with Crippen LogP contribution in [-0.4, -0.2) is 31.6 Å². The van der Waals surface area contributed by atoms with Gasteiger partial charge in [0.15, 0.2) is 0 Å². The first-order valence-corrected chi connectivity index (χ1v) is 7.24. The molecule has 0 saturated heterocycles. The van der Waals surface area contributed by atoms with Gasteiger partial charge in [0, 0.05) is 7.05 Å². The van der Waals surface area contributed by atoms with Gasteiger partial charge in [0.25, 0.3) is 0 Å². The van der Waals surface area contributed by atoms with Gasteiger partial charge in [-0.1, -0.05) is 0 Å². The molecule has 1 atom stereocenters. The normalized spacial score (nSPS) is 16.5. The van der Waals surface area contributed by atoms with Crippen molar-refractivity contribution >= 4 is 5.91 Å². The quantitative estimate of drug-likeness (QED) is 0.870. The van der Waals surface area contributed by atoms with Crippen LogP contribution in [0.2, 0.25) is 0 Å². The van der Waals surface area contributed by atoms with E-state index in [0.717, 1.165) is 22.8 Å². The van der Waals surface area contributed by atoms with Crippen molar-refractivity contribution in [2.24, 2.45) is 5.92 Å². The molecule has 1 aromatic heterocycles. The van der Waals surface area contributed by atoms with E-state index < -0.39 is 0 Å². The molecule has 5 heteroatoms. The Bertz CT molecular complexity index is 651. The highest BCUT2D eigenvalue weighted by molar-refractivity contribution is 5.79. The molecule has 0 spiro atoms. The molecule has 0 N–H and O–H groups in total. The first-order valence-electron chi connectivity index (χ1n) is 7.24. The Morgan fingerprint density at radius 2 is 2.27 bits per heavy atom. The lowest BCUT2D eigenvalue weighted by Crippen LogP contribution is -2.38. The summed E-state index contributed by atoms with van der Waals surface area (Å²) in [4.78, 5) is 14.2. The molecule has 3 rings (SSSR count). The van der Waals surface area contributed by atoms with Gasteiger partial charge in [-0.2, -0.15) is 0 Å². The van der Waals surface area contributed by atoms with Gasteiger partial charge in [-0.3, -0.25) is 4.79 Å². The molecule has 2 aromatic rings. The smallest absolute Gasteiger partial charge is 0.229 e. The van der Waals surface area contributed by atoms with Crippen LogP contribution in [0.4, 0.5) is 0 Å². The number of rotatable bonds is 4. The van der Waals surface area contributed by atoms with Crippen molar-refractivity contribution in [2.45, 2.75) is 13.0 Å². The number of carbonyl (C=O) groups excluding carboxylic acids is 1. The third-order valence-corrected chi connectivity index (χ3v) is 3.87. The number of nitrogens with zero attached hydrogens (tertiary/aromatic N) is 1. The minimum absolute atomic E-state index is 0.0601. The first-order chi connectivity index (χ1) is 10.7. The molecule has 1 aliphatic rings. The highest BCUT2D eigenvalue weighted by Gasteiger charge is 2.28. The Hall–Kier alpha value is -2.43. The van der Waals surface area contributed by atoms with Gasteiger partial charge in [-0.05, 0) is 42.3 Å². The van der Waals surface area contributed by atoms with Crippen LogP contribution >= 0.6 is 0 Å². The van der Waals surface area contributed by atoms with Crippen molar-refractivity contribution < 1.29 is 18.7 Å². The predicted octanol–water partition coefficient (Wildman–Crippen LogP) is 2.50. The SMILES string of the molecule is COc1ccc2c(c1)C[C@H](C(=O)N(C)Cc1ccco1)CO2. The maximum Gasteiger partial charge on any atom is 0.229 e. The second-order valence-corrected chi connectivity index (χ2v) is 5.46. The standard InChI is InChI=1S/C17H19NO4/c1-18(10-15-4-3-7-21-15)17(19)13-8-12-9-14(20-2)5-6-16(12)22-11-13/h3-7,9,13H,8,10-11H2,1-2H3/t13-/m0/s1. The Kier molecular flexibility index (Phi) is 4.04. The number of amides is 1. The second kappa shape index (κ2) is 6.13. The lowest BCUT2D eigenvalue weighted by Gasteiger charge is -2.28. The molecule has 0 fully saturated rings. The van der Waals surface area contributed by atoms with Crippen molar-refractivity contribution in [1.82, 2.24) is 4.90 Å². The molecule has 5 nitrogen and oxygen atoms in total. The van der Waals surface area contributed by atoms with Crippen LogP contribution in [0.3, 0.4) is 0 Å². The first kappa shape index (κ1) is 14.5. The summed E-state index contributed by atoms with van der Waals surface area (Å²) in [6, 6.07) is 9.37. The summed E-state index contributed by atoms with van der Waals surface area (Å²) in [5.74, 6) is 2.26. The third-order valence-electron chi connectivity index (χ3n) is 3.87. The van der Waals surface area contributed by atoms with Gasteiger partial charge in [-0.25, -0.2) is 0 Å². The van der Waals surface area contributed by atoms with E-state index in [-0.39, 0.29) is 11.8 Å². The third kappa shape index (κ3) is 2.93. The number of fused-ring (bicyclic) bond motifs is 1. The van der Waals surface area contributed by atoms with Crippen LogP contribution in [0.15, 0.2) is 41.0 Å². The van der Waals surface area contributed by atoms with Gasteiger partial charge in [0.2, 0.25) is 5.91 Å². The van der Waals surface area contributed by atoms with Crippen molar-refractivity contribution in [1.29, 1.82) is 0 Å². The summed E-state index contributed by atoms with van der Waals surface area (Å²) >= 11 is 0. The molecule has 0 unspecified atom stereocenters. The fraction of sp³-hybridized carbons (Fsp3) is 0.353. The zero-order chi connectivity index (χ0) is 15.5. The minimum Gasteiger partial charge on any atom is -0.497 e. The number of methoxy groups -OCH3 is 1. The van der Waals surface area contributed by atoms with Crippen LogP contribution in [0.1, 0.15) is 11.3 Å². The fourth-order valence-corrected chi connectivity index (χ4v) is 2.68. The topological polar surface area (TPSA) is 51.9 Å². The van der Waals surface area contributed by atoms with Crippen LogP contribution in [-0.2, 0) is 17.8 Å².